The lowest BCUT2D eigenvalue weighted by Crippen LogP contribution is -2.50. The van der Waals surface area contributed by atoms with E-state index in [4.69, 9.17) is 0 Å². The molecule has 2 aromatic rings. The predicted octanol–water partition coefficient (Wildman–Crippen LogP) is 4.50. The van der Waals surface area contributed by atoms with Gasteiger partial charge in [0.1, 0.15) is 0 Å². The molecule has 1 aliphatic heterocycles. The second kappa shape index (κ2) is 9.00. The first kappa shape index (κ1) is 20.1. The van der Waals surface area contributed by atoms with Crippen LogP contribution in [-0.4, -0.2) is 50.2 Å². The van der Waals surface area contributed by atoms with E-state index in [1.54, 1.807) is 0 Å². The maximum absolute atomic E-state index is 12.7. The molecule has 1 N–H and O–H groups in total. The monoisotopic (exact) mass is 380 g/mol. The first-order valence-electron chi connectivity index (χ1n) is 10.2. The molecule has 3 rings (SSSR count). The summed E-state index contributed by atoms with van der Waals surface area (Å²) in [6, 6.07) is 14.8. The van der Waals surface area contributed by atoms with Crippen LogP contribution >= 0.6 is 0 Å². The number of benzene rings is 2. The van der Waals surface area contributed by atoms with Gasteiger partial charge in [-0.25, -0.2) is 4.79 Å². The Kier molecular flexibility index (Phi) is 6.45. The lowest BCUT2D eigenvalue weighted by atomic mass is 10.1. The number of aryl methyl sites for hydroxylation is 2. The van der Waals surface area contributed by atoms with Gasteiger partial charge in [0, 0.05) is 56.3 Å². The molecule has 0 atom stereocenters. The third-order valence-corrected chi connectivity index (χ3v) is 5.55. The zero-order valence-corrected chi connectivity index (χ0v) is 17.5. The summed E-state index contributed by atoms with van der Waals surface area (Å²) in [5, 5.41) is 3.09. The van der Waals surface area contributed by atoms with E-state index in [0.29, 0.717) is 0 Å². The molecular weight excluding hydrogens is 348 g/mol. The van der Waals surface area contributed by atoms with Crippen LogP contribution in [0, 0.1) is 13.8 Å². The van der Waals surface area contributed by atoms with Crippen LogP contribution in [0.3, 0.4) is 0 Å². The van der Waals surface area contributed by atoms with Crippen molar-refractivity contribution in [1.82, 2.24) is 4.90 Å². The summed E-state index contributed by atoms with van der Waals surface area (Å²) in [5.41, 5.74) is 5.68. The van der Waals surface area contributed by atoms with Gasteiger partial charge in [0.05, 0.1) is 0 Å². The highest BCUT2D eigenvalue weighted by Crippen LogP contribution is 2.23. The highest BCUT2D eigenvalue weighted by Gasteiger charge is 2.21. The van der Waals surface area contributed by atoms with Crippen molar-refractivity contribution in [2.75, 3.05) is 54.4 Å². The van der Waals surface area contributed by atoms with Gasteiger partial charge in [-0.15, -0.1) is 0 Å². The van der Waals surface area contributed by atoms with Crippen LogP contribution in [-0.2, 0) is 0 Å². The molecule has 0 aromatic heterocycles. The maximum Gasteiger partial charge on any atom is 0.321 e. The van der Waals surface area contributed by atoms with Crippen molar-refractivity contribution in [1.29, 1.82) is 0 Å². The minimum Gasteiger partial charge on any atom is -0.372 e. The molecule has 1 fully saturated rings. The van der Waals surface area contributed by atoms with Crippen LogP contribution in [0.5, 0.6) is 0 Å². The summed E-state index contributed by atoms with van der Waals surface area (Å²) in [7, 11) is 0. The van der Waals surface area contributed by atoms with Crippen LogP contribution < -0.4 is 15.1 Å². The summed E-state index contributed by atoms with van der Waals surface area (Å²) in [6.07, 6.45) is 0. The van der Waals surface area contributed by atoms with Gasteiger partial charge in [-0.05, 0) is 63.6 Å². The number of carbonyl (C=O) groups is 1. The Morgan fingerprint density at radius 3 is 2.18 bits per heavy atom. The van der Waals surface area contributed by atoms with Gasteiger partial charge < -0.3 is 20.0 Å². The fourth-order valence-corrected chi connectivity index (χ4v) is 3.69. The number of urea groups is 1. The van der Waals surface area contributed by atoms with Gasteiger partial charge in [-0.2, -0.15) is 0 Å². The topological polar surface area (TPSA) is 38.8 Å². The number of piperazine rings is 1. The summed E-state index contributed by atoms with van der Waals surface area (Å²) in [5.74, 6) is 0. The Balaban J connectivity index is 1.58. The van der Waals surface area contributed by atoms with E-state index in [1.807, 2.05) is 11.0 Å². The molecular formula is C23H32N4O. The molecule has 28 heavy (non-hydrogen) atoms. The second-order valence-electron chi connectivity index (χ2n) is 7.41. The number of hydrogen-bond acceptors (Lipinski definition) is 3. The number of amides is 2. The number of carbonyl (C=O) groups excluding carboxylic acids is 1. The molecule has 0 aliphatic carbocycles. The predicted molar refractivity (Wildman–Crippen MR) is 119 cm³/mol. The average molecular weight is 381 g/mol. The second-order valence-corrected chi connectivity index (χ2v) is 7.41. The molecule has 2 amide bonds. The molecule has 0 saturated carbocycles. The van der Waals surface area contributed by atoms with Gasteiger partial charge in [-0.1, -0.05) is 17.7 Å². The minimum absolute atomic E-state index is 0.0118. The van der Waals surface area contributed by atoms with Crippen molar-refractivity contribution in [2.45, 2.75) is 27.7 Å². The molecule has 150 valence electrons. The highest BCUT2D eigenvalue weighted by atomic mass is 16.2. The van der Waals surface area contributed by atoms with Crippen LogP contribution in [0.2, 0.25) is 0 Å². The molecule has 0 spiro atoms. The molecule has 5 nitrogen and oxygen atoms in total. The van der Waals surface area contributed by atoms with E-state index in [1.165, 1.54) is 16.9 Å². The normalized spacial score (nSPS) is 14.1. The minimum atomic E-state index is -0.0118. The van der Waals surface area contributed by atoms with Gasteiger partial charge in [0.2, 0.25) is 0 Å². The average Bonchev–Trinajstić information content (AvgIpc) is 2.71. The van der Waals surface area contributed by atoms with Gasteiger partial charge >= 0.3 is 6.03 Å². The number of anilines is 3. The Bertz CT molecular complexity index is 791. The molecule has 1 aliphatic rings. The van der Waals surface area contributed by atoms with E-state index in [-0.39, 0.29) is 6.03 Å². The van der Waals surface area contributed by atoms with Crippen molar-refractivity contribution in [3.05, 3.63) is 53.6 Å². The molecule has 5 heteroatoms. The lowest BCUT2D eigenvalue weighted by molar-refractivity contribution is 0.208. The molecule has 1 saturated heterocycles. The van der Waals surface area contributed by atoms with Crippen molar-refractivity contribution in [3.8, 4) is 0 Å². The van der Waals surface area contributed by atoms with Crippen molar-refractivity contribution >= 4 is 23.1 Å². The zero-order valence-electron chi connectivity index (χ0n) is 17.5. The maximum atomic E-state index is 12.7. The quantitative estimate of drug-likeness (QED) is 0.830. The highest BCUT2D eigenvalue weighted by molar-refractivity contribution is 5.90. The largest absolute Gasteiger partial charge is 0.372 e. The Morgan fingerprint density at radius 2 is 1.61 bits per heavy atom. The van der Waals surface area contributed by atoms with E-state index in [0.717, 1.165) is 50.5 Å². The van der Waals surface area contributed by atoms with Crippen molar-refractivity contribution in [2.24, 2.45) is 0 Å². The Morgan fingerprint density at radius 1 is 0.964 bits per heavy atom. The van der Waals surface area contributed by atoms with Crippen LogP contribution in [0.4, 0.5) is 21.9 Å². The SMILES string of the molecule is CCN(CC)c1ccc(NC(=O)N2CCN(c3ccc(C)cc3)CC2)c(C)c1. The standard InChI is InChI=1S/C23H32N4O/c1-5-25(6-2)21-11-12-22(19(4)17-21)24-23(28)27-15-13-26(14-16-27)20-9-7-18(3)8-10-20/h7-12,17H,5-6,13-16H2,1-4H3,(H,24,28). The van der Waals surface area contributed by atoms with E-state index < -0.39 is 0 Å². The van der Waals surface area contributed by atoms with Crippen LogP contribution in [0.15, 0.2) is 42.5 Å². The molecule has 0 radical (unpaired) electrons. The number of rotatable bonds is 5. The van der Waals surface area contributed by atoms with Gasteiger partial charge in [0.15, 0.2) is 0 Å². The summed E-state index contributed by atoms with van der Waals surface area (Å²) < 4.78 is 0. The van der Waals surface area contributed by atoms with Crippen LogP contribution in [0.1, 0.15) is 25.0 Å². The van der Waals surface area contributed by atoms with Gasteiger partial charge in [0.25, 0.3) is 0 Å². The third-order valence-electron chi connectivity index (χ3n) is 5.55. The zero-order chi connectivity index (χ0) is 20.1. The summed E-state index contributed by atoms with van der Waals surface area (Å²) in [4.78, 5) is 19.3. The molecule has 1 heterocycles. The lowest BCUT2D eigenvalue weighted by Gasteiger charge is -2.36. The number of nitrogens with zero attached hydrogens (tertiary/aromatic N) is 3. The van der Waals surface area contributed by atoms with E-state index in [2.05, 4.69) is 79.2 Å². The molecule has 2 aromatic carbocycles. The fourth-order valence-electron chi connectivity index (χ4n) is 3.69. The Labute approximate surface area is 168 Å². The smallest absolute Gasteiger partial charge is 0.321 e. The van der Waals surface area contributed by atoms with Crippen LogP contribution in [0.25, 0.3) is 0 Å². The third kappa shape index (κ3) is 4.58. The van der Waals surface area contributed by atoms with Crippen molar-refractivity contribution in [3.63, 3.8) is 0 Å². The number of hydrogen-bond donors (Lipinski definition) is 1. The molecule has 0 unspecified atom stereocenters. The van der Waals surface area contributed by atoms with Gasteiger partial charge in [-0.3, -0.25) is 0 Å². The number of nitrogens with one attached hydrogen (secondary N) is 1. The summed E-state index contributed by atoms with van der Waals surface area (Å²) in [6.45, 7) is 13.6. The first-order valence-corrected chi connectivity index (χ1v) is 10.2. The van der Waals surface area contributed by atoms with E-state index in [9.17, 15) is 4.79 Å². The van der Waals surface area contributed by atoms with E-state index >= 15 is 0 Å². The van der Waals surface area contributed by atoms with Crippen molar-refractivity contribution < 1.29 is 4.79 Å². The first-order chi connectivity index (χ1) is 13.5. The fraction of sp³-hybridized carbons (Fsp3) is 0.435. The summed E-state index contributed by atoms with van der Waals surface area (Å²) >= 11 is 0. The molecule has 0 bridgehead atoms. The Hall–Kier alpha value is -2.69.